The molecule has 1 aliphatic rings. The van der Waals surface area contributed by atoms with Crippen LogP contribution < -0.4 is 14.4 Å². The molecule has 0 bridgehead atoms. The molecule has 3 rings (SSSR count). The van der Waals surface area contributed by atoms with Crippen molar-refractivity contribution in [3.63, 3.8) is 0 Å². The maximum atomic E-state index is 12.7. The van der Waals surface area contributed by atoms with Gasteiger partial charge in [0.2, 0.25) is 0 Å². The third-order valence-corrected chi connectivity index (χ3v) is 5.02. The van der Waals surface area contributed by atoms with E-state index in [2.05, 4.69) is 4.74 Å². The van der Waals surface area contributed by atoms with Crippen molar-refractivity contribution in [2.75, 3.05) is 25.2 Å². The molecular formula is C21H20F5NO5. The zero-order chi connectivity index (χ0) is 23.5. The predicted molar refractivity (Wildman–Crippen MR) is 104 cm³/mol. The molecular weight excluding hydrogens is 441 g/mol. The second-order valence-corrected chi connectivity index (χ2v) is 7.09. The molecule has 0 saturated carbocycles. The lowest BCUT2D eigenvalue weighted by Gasteiger charge is -2.26. The number of carboxylic acid groups (broad SMARTS) is 1. The predicted octanol–water partition coefficient (Wildman–Crippen LogP) is 4.68. The molecule has 32 heavy (non-hydrogen) atoms. The van der Waals surface area contributed by atoms with E-state index in [0.717, 1.165) is 12.1 Å². The molecule has 0 aromatic heterocycles. The number of carbonyl (C=O) groups is 1. The van der Waals surface area contributed by atoms with E-state index in [1.54, 1.807) is 4.90 Å². The van der Waals surface area contributed by atoms with Gasteiger partial charge in [0.05, 0.1) is 31.9 Å². The summed E-state index contributed by atoms with van der Waals surface area (Å²) >= 11 is 0. The van der Waals surface area contributed by atoms with Crippen LogP contribution >= 0.6 is 0 Å². The third kappa shape index (κ3) is 5.58. The number of hydrogen-bond donors (Lipinski definition) is 1. The van der Waals surface area contributed by atoms with Crippen molar-refractivity contribution in [1.29, 1.82) is 0 Å². The second kappa shape index (κ2) is 9.60. The van der Waals surface area contributed by atoms with E-state index in [1.807, 2.05) is 0 Å². The van der Waals surface area contributed by atoms with E-state index in [9.17, 15) is 31.9 Å². The molecule has 0 radical (unpaired) electrons. The highest BCUT2D eigenvalue weighted by Crippen LogP contribution is 2.34. The average molecular weight is 461 g/mol. The summed E-state index contributed by atoms with van der Waals surface area (Å²) in [6, 6.07) is 7.97. The summed E-state index contributed by atoms with van der Waals surface area (Å²) in [5, 5.41) is 9.24. The Morgan fingerprint density at radius 3 is 2.44 bits per heavy atom. The number of alkyl halides is 5. The summed E-state index contributed by atoms with van der Waals surface area (Å²) in [7, 11) is 1.31. The van der Waals surface area contributed by atoms with E-state index in [0.29, 0.717) is 5.69 Å². The average Bonchev–Trinajstić information content (AvgIpc) is 3.14. The minimum absolute atomic E-state index is 0.0617. The van der Waals surface area contributed by atoms with E-state index >= 15 is 0 Å². The Morgan fingerprint density at radius 1 is 1.19 bits per heavy atom. The molecule has 1 aliphatic heterocycles. The van der Waals surface area contributed by atoms with Crippen molar-refractivity contribution >= 4 is 11.7 Å². The normalized spacial score (nSPS) is 18.8. The Hall–Kier alpha value is -3.08. The van der Waals surface area contributed by atoms with Gasteiger partial charge in [-0.1, -0.05) is 0 Å². The van der Waals surface area contributed by atoms with Crippen molar-refractivity contribution in [3.8, 4) is 11.5 Å². The molecule has 2 aromatic carbocycles. The quantitative estimate of drug-likeness (QED) is 0.576. The fourth-order valence-electron chi connectivity index (χ4n) is 3.57. The number of anilines is 1. The van der Waals surface area contributed by atoms with Gasteiger partial charge in [-0.2, -0.15) is 22.0 Å². The van der Waals surface area contributed by atoms with Crippen LogP contribution in [0.25, 0.3) is 0 Å². The summed E-state index contributed by atoms with van der Waals surface area (Å²) < 4.78 is 78.8. The highest BCUT2D eigenvalue weighted by molar-refractivity contribution is 5.91. The molecule has 6 nitrogen and oxygen atoms in total. The molecule has 174 valence electrons. The van der Waals surface area contributed by atoms with Crippen molar-refractivity contribution in [2.24, 2.45) is 0 Å². The third-order valence-electron chi connectivity index (χ3n) is 5.02. The number of methoxy groups -OCH3 is 1. The van der Waals surface area contributed by atoms with Crippen LogP contribution in [0.3, 0.4) is 0 Å². The van der Waals surface area contributed by atoms with E-state index in [4.69, 9.17) is 9.47 Å². The zero-order valence-corrected chi connectivity index (χ0v) is 16.8. The Morgan fingerprint density at radius 2 is 1.88 bits per heavy atom. The first-order valence-electron chi connectivity index (χ1n) is 9.50. The first-order chi connectivity index (χ1) is 15.1. The largest absolute Gasteiger partial charge is 0.496 e. The van der Waals surface area contributed by atoms with Crippen molar-refractivity contribution < 1.29 is 46.1 Å². The van der Waals surface area contributed by atoms with Gasteiger partial charge in [-0.3, -0.25) is 0 Å². The SMILES string of the molecule is COc1cc(N2C[C@@H](Oc3ccc(C(F)(F)F)cc3)C[C@H]2COC(F)F)ccc1C(=O)O. The maximum absolute atomic E-state index is 12.7. The van der Waals surface area contributed by atoms with Crippen molar-refractivity contribution in [1.82, 2.24) is 0 Å². The van der Waals surface area contributed by atoms with E-state index in [-0.39, 0.29) is 36.6 Å². The Balaban J connectivity index is 1.79. The summed E-state index contributed by atoms with van der Waals surface area (Å²) in [5.74, 6) is -0.885. The Bertz CT molecular complexity index is 935. The molecule has 0 aliphatic carbocycles. The van der Waals surface area contributed by atoms with Gasteiger partial charge in [0.1, 0.15) is 23.2 Å². The van der Waals surface area contributed by atoms with Crippen molar-refractivity contribution in [3.05, 3.63) is 53.6 Å². The number of rotatable bonds is 8. The highest BCUT2D eigenvalue weighted by atomic mass is 19.4. The van der Waals surface area contributed by atoms with Crippen LogP contribution in [0.4, 0.5) is 27.6 Å². The molecule has 0 unspecified atom stereocenters. The lowest BCUT2D eigenvalue weighted by atomic mass is 10.1. The van der Waals surface area contributed by atoms with Gasteiger partial charge in [0.25, 0.3) is 0 Å². The minimum Gasteiger partial charge on any atom is -0.496 e. The molecule has 2 atom stereocenters. The summed E-state index contributed by atoms with van der Waals surface area (Å²) in [6.07, 6.45) is -4.73. The molecule has 2 aromatic rings. The lowest BCUT2D eigenvalue weighted by Crippen LogP contribution is -2.34. The second-order valence-electron chi connectivity index (χ2n) is 7.09. The number of aromatic carboxylic acids is 1. The maximum Gasteiger partial charge on any atom is 0.416 e. The van der Waals surface area contributed by atoms with Crippen LogP contribution in [-0.4, -0.2) is 50.1 Å². The number of hydrogen-bond acceptors (Lipinski definition) is 5. The summed E-state index contributed by atoms with van der Waals surface area (Å²) in [5.41, 5.74) is -0.367. The molecule has 1 N–H and O–H groups in total. The molecule has 0 spiro atoms. The van der Waals surface area contributed by atoms with E-state index < -0.39 is 36.5 Å². The van der Waals surface area contributed by atoms with Crippen LogP contribution in [0, 0.1) is 0 Å². The fraction of sp³-hybridized carbons (Fsp3) is 0.381. The first-order valence-corrected chi connectivity index (χ1v) is 9.50. The minimum atomic E-state index is -4.47. The summed E-state index contributed by atoms with van der Waals surface area (Å²) in [4.78, 5) is 13.0. The standard InChI is InChI=1S/C21H20F5NO5/c1-30-18-9-13(4-7-17(18)19(28)29)27-10-16(8-14(27)11-31-20(22)23)32-15-5-2-12(3-6-15)21(24,25)26/h2-7,9,14,16,20H,8,10-11H2,1H3,(H,28,29)/t14-,16-/m0/s1. The monoisotopic (exact) mass is 461 g/mol. The molecule has 11 heteroatoms. The molecule has 0 amide bonds. The van der Waals surface area contributed by atoms with Gasteiger partial charge >= 0.3 is 18.8 Å². The first kappa shape index (κ1) is 23.6. The zero-order valence-electron chi connectivity index (χ0n) is 16.8. The smallest absolute Gasteiger partial charge is 0.416 e. The molecule has 1 saturated heterocycles. The Labute approximate surface area is 180 Å². The topological polar surface area (TPSA) is 68.2 Å². The summed E-state index contributed by atoms with van der Waals surface area (Å²) in [6.45, 7) is -3.09. The van der Waals surface area contributed by atoms with Crippen LogP contribution in [0.1, 0.15) is 22.3 Å². The van der Waals surface area contributed by atoms with Gasteiger partial charge in [0, 0.05) is 18.2 Å². The fourth-order valence-corrected chi connectivity index (χ4v) is 3.57. The highest BCUT2D eigenvalue weighted by Gasteiger charge is 2.35. The van der Waals surface area contributed by atoms with Crippen molar-refractivity contribution in [2.45, 2.75) is 31.4 Å². The Kier molecular flexibility index (Phi) is 7.07. The number of ether oxygens (including phenoxy) is 3. The van der Waals surface area contributed by atoms with Crippen LogP contribution in [0.5, 0.6) is 11.5 Å². The van der Waals surface area contributed by atoms with Gasteiger partial charge in [-0.25, -0.2) is 4.79 Å². The van der Waals surface area contributed by atoms with Gasteiger partial charge in [0.15, 0.2) is 0 Å². The number of carboxylic acids is 1. The van der Waals surface area contributed by atoms with Gasteiger partial charge < -0.3 is 24.2 Å². The number of nitrogens with zero attached hydrogens (tertiary/aromatic N) is 1. The van der Waals surface area contributed by atoms with Crippen LogP contribution in [-0.2, 0) is 10.9 Å². The van der Waals surface area contributed by atoms with Gasteiger partial charge in [-0.15, -0.1) is 0 Å². The van der Waals surface area contributed by atoms with E-state index in [1.165, 1.54) is 37.4 Å². The van der Waals surface area contributed by atoms with Crippen LogP contribution in [0.15, 0.2) is 42.5 Å². The molecule has 1 fully saturated rings. The molecule has 1 heterocycles. The lowest BCUT2D eigenvalue weighted by molar-refractivity contribution is -0.137. The number of benzene rings is 2. The number of halogens is 5. The van der Waals surface area contributed by atoms with Crippen LogP contribution in [0.2, 0.25) is 0 Å². The van der Waals surface area contributed by atoms with Gasteiger partial charge in [-0.05, 0) is 36.4 Å².